The molecular weight excluding hydrogens is 741 g/mol. The first kappa shape index (κ1) is 46.6. The number of unbranched alkanes of at least 4 members (excludes halogenated alkanes) is 1. The molecule has 1 heterocycles. The number of rotatable bonds is 20. The van der Waals surface area contributed by atoms with Crippen molar-refractivity contribution in [1.29, 1.82) is 0 Å². The molecule has 316 valence electrons. The predicted molar refractivity (Wildman–Crippen MR) is 223 cm³/mol. The van der Waals surface area contributed by atoms with Gasteiger partial charge in [-0.25, -0.2) is 4.79 Å². The van der Waals surface area contributed by atoms with Gasteiger partial charge in [0.2, 0.25) is 23.6 Å². The average Bonchev–Trinajstić information content (AvgIpc) is 3.61. The molecule has 2 aromatic rings. The van der Waals surface area contributed by atoms with Gasteiger partial charge in [-0.2, -0.15) is 0 Å². The van der Waals surface area contributed by atoms with Crippen LogP contribution in [-0.4, -0.2) is 109 Å². The van der Waals surface area contributed by atoms with E-state index in [4.69, 9.17) is 27.4 Å². The Bertz CT molecular complexity index is 1740. The van der Waals surface area contributed by atoms with Gasteiger partial charge in [-0.3, -0.25) is 19.2 Å². The number of ether oxygens (including phenoxy) is 2. The maximum absolute atomic E-state index is 14.4. The number of nitrogens with one attached hydrogen (secondary N) is 4. The van der Waals surface area contributed by atoms with E-state index in [1.54, 1.807) is 40.8 Å². The Hall–Kier alpha value is -5.75. The zero-order valence-electron chi connectivity index (χ0n) is 34.7. The number of carbonyl (C=O) groups is 5. The number of likely N-dealkylation sites (tertiary alicyclic amines) is 1. The van der Waals surface area contributed by atoms with Gasteiger partial charge in [0.1, 0.15) is 42.6 Å². The Labute approximate surface area is 343 Å². The average molecular weight is 803 g/mol. The zero-order valence-corrected chi connectivity index (χ0v) is 34.7. The number of nitrogens with zero attached hydrogens (tertiary/aromatic N) is 2. The fourth-order valence-corrected chi connectivity index (χ4v) is 6.23. The number of aryl methyl sites for hydroxylation is 1. The van der Waals surface area contributed by atoms with Crippen LogP contribution in [-0.2, 0) is 36.8 Å². The lowest BCUT2D eigenvalue weighted by Crippen LogP contribution is -2.58. The standard InChI is InChI=1S/C43H62N8O7/c1-8-22-46-39(53)35(23-31-15-10-9-11-16-31)48-40(54)36-24-33(47-25-32(45)28-57-34-19-17-30(18-20-34)14-12-13-21-44)26-51(36)41(55)38(29(2)3)49-37(52)27-50(7)42(56)58-43(4,5)6/h1,9-11,15-20,25,29,33,35-36,38,47H,12-14,21-24,26-28,44-45H2,2-7H3,(H,46,53)(H,48,54)(H,49,52)/b32-25-/t33-,35-,36-,38?/m0/s1. The van der Waals surface area contributed by atoms with E-state index in [2.05, 4.69) is 27.2 Å². The van der Waals surface area contributed by atoms with Crippen LogP contribution in [0.4, 0.5) is 4.79 Å². The van der Waals surface area contributed by atoms with E-state index < -0.39 is 65.4 Å². The number of amides is 5. The highest BCUT2D eigenvalue weighted by atomic mass is 16.6. The minimum atomic E-state index is -1.05. The quantitative estimate of drug-likeness (QED) is 0.0850. The molecule has 3 rings (SSSR count). The molecule has 1 unspecified atom stereocenters. The topological polar surface area (TPSA) is 210 Å². The highest BCUT2D eigenvalue weighted by Gasteiger charge is 2.43. The molecule has 58 heavy (non-hydrogen) atoms. The van der Waals surface area contributed by atoms with Crippen LogP contribution in [0.3, 0.4) is 0 Å². The summed E-state index contributed by atoms with van der Waals surface area (Å²) in [4.78, 5) is 70.0. The third kappa shape index (κ3) is 15.7. The van der Waals surface area contributed by atoms with Crippen LogP contribution < -0.4 is 37.5 Å². The van der Waals surface area contributed by atoms with Crippen LogP contribution in [0.15, 0.2) is 66.5 Å². The van der Waals surface area contributed by atoms with Crippen molar-refractivity contribution in [2.45, 2.75) is 96.5 Å². The van der Waals surface area contributed by atoms with E-state index in [1.165, 1.54) is 17.5 Å². The van der Waals surface area contributed by atoms with E-state index in [0.29, 0.717) is 18.0 Å². The molecule has 15 nitrogen and oxygen atoms in total. The molecule has 0 bridgehead atoms. The molecule has 4 atom stereocenters. The second-order valence-corrected chi connectivity index (χ2v) is 15.8. The number of nitrogens with two attached hydrogens (primary N) is 2. The maximum Gasteiger partial charge on any atom is 0.410 e. The van der Waals surface area contributed by atoms with Crippen molar-refractivity contribution in [3.8, 4) is 18.1 Å². The van der Waals surface area contributed by atoms with Gasteiger partial charge >= 0.3 is 6.09 Å². The van der Waals surface area contributed by atoms with E-state index >= 15 is 0 Å². The van der Waals surface area contributed by atoms with Gasteiger partial charge in [-0.15, -0.1) is 6.42 Å². The summed E-state index contributed by atoms with van der Waals surface area (Å²) >= 11 is 0. The molecule has 1 aliphatic rings. The summed E-state index contributed by atoms with van der Waals surface area (Å²) in [6.07, 6.45) is 9.55. The number of carbonyl (C=O) groups excluding carboxylic acids is 5. The van der Waals surface area contributed by atoms with Crippen molar-refractivity contribution >= 4 is 29.7 Å². The number of likely N-dealkylation sites (N-methyl/N-ethyl adjacent to an activating group) is 1. The fraction of sp³-hybridized carbons (Fsp3) is 0.512. The molecule has 1 fully saturated rings. The van der Waals surface area contributed by atoms with Crippen LogP contribution in [0.25, 0.3) is 0 Å². The van der Waals surface area contributed by atoms with Crippen molar-refractivity contribution < 1.29 is 33.4 Å². The molecule has 0 saturated carbocycles. The van der Waals surface area contributed by atoms with Crippen LogP contribution in [0.2, 0.25) is 0 Å². The van der Waals surface area contributed by atoms with E-state index in [1.807, 2.05) is 54.6 Å². The minimum absolute atomic E-state index is 0.0308. The minimum Gasteiger partial charge on any atom is -0.487 e. The van der Waals surface area contributed by atoms with Gasteiger partial charge < -0.3 is 52.0 Å². The molecule has 2 aromatic carbocycles. The molecule has 8 N–H and O–H groups in total. The number of hydrogen-bond acceptors (Lipinski definition) is 10. The first-order valence-corrected chi connectivity index (χ1v) is 19.7. The van der Waals surface area contributed by atoms with Crippen LogP contribution >= 0.6 is 0 Å². The normalized spacial score (nSPS) is 16.4. The van der Waals surface area contributed by atoms with Crippen molar-refractivity contribution in [1.82, 2.24) is 31.1 Å². The van der Waals surface area contributed by atoms with Crippen molar-refractivity contribution in [3.63, 3.8) is 0 Å². The Morgan fingerprint density at radius 1 is 1.02 bits per heavy atom. The van der Waals surface area contributed by atoms with E-state index in [0.717, 1.165) is 29.7 Å². The monoisotopic (exact) mass is 802 g/mol. The second-order valence-electron chi connectivity index (χ2n) is 15.8. The summed E-state index contributed by atoms with van der Waals surface area (Å²) in [6, 6.07) is 13.5. The summed E-state index contributed by atoms with van der Waals surface area (Å²) in [6.45, 7) is 9.13. The summed E-state index contributed by atoms with van der Waals surface area (Å²) in [7, 11) is 1.43. The predicted octanol–water partition coefficient (Wildman–Crippen LogP) is 2.19. The summed E-state index contributed by atoms with van der Waals surface area (Å²) in [5.74, 6) is 0.519. The highest BCUT2D eigenvalue weighted by molar-refractivity contribution is 5.95. The molecule has 1 saturated heterocycles. The van der Waals surface area contributed by atoms with E-state index in [-0.39, 0.29) is 39.1 Å². The van der Waals surface area contributed by atoms with Crippen molar-refractivity contribution in [3.05, 3.63) is 77.6 Å². The summed E-state index contributed by atoms with van der Waals surface area (Å²) in [5, 5.41) is 11.5. The molecule has 0 aromatic heterocycles. The maximum atomic E-state index is 14.4. The summed E-state index contributed by atoms with van der Waals surface area (Å²) in [5.41, 5.74) is 13.5. The molecular formula is C43H62N8O7. The van der Waals surface area contributed by atoms with Crippen LogP contribution in [0, 0.1) is 18.3 Å². The van der Waals surface area contributed by atoms with Gasteiger partial charge in [0, 0.05) is 32.3 Å². The lowest BCUT2D eigenvalue weighted by molar-refractivity contribution is -0.143. The number of terminal acetylenes is 1. The van der Waals surface area contributed by atoms with E-state index in [9.17, 15) is 24.0 Å². The first-order valence-electron chi connectivity index (χ1n) is 19.7. The van der Waals surface area contributed by atoms with Crippen molar-refractivity contribution in [2.24, 2.45) is 17.4 Å². The first-order chi connectivity index (χ1) is 27.5. The van der Waals surface area contributed by atoms with Gasteiger partial charge in [-0.05, 0) is 82.2 Å². The van der Waals surface area contributed by atoms with Gasteiger partial charge in [0.05, 0.1) is 12.2 Å². The molecule has 5 amide bonds. The Morgan fingerprint density at radius 2 is 1.71 bits per heavy atom. The van der Waals surface area contributed by atoms with Gasteiger partial charge in [-0.1, -0.05) is 62.2 Å². The largest absolute Gasteiger partial charge is 0.487 e. The second kappa shape index (κ2) is 22.9. The van der Waals surface area contributed by atoms with Gasteiger partial charge in [0.15, 0.2) is 0 Å². The van der Waals surface area contributed by atoms with Crippen LogP contribution in [0.1, 0.15) is 65.0 Å². The zero-order chi connectivity index (χ0) is 42.8. The Morgan fingerprint density at radius 3 is 2.33 bits per heavy atom. The molecule has 15 heteroatoms. The Kier molecular flexibility index (Phi) is 18.4. The highest BCUT2D eigenvalue weighted by Crippen LogP contribution is 2.22. The molecule has 0 radical (unpaired) electrons. The Balaban J connectivity index is 1.80. The van der Waals surface area contributed by atoms with Crippen LogP contribution in [0.5, 0.6) is 5.75 Å². The third-order valence-corrected chi connectivity index (χ3v) is 9.26. The fourth-order valence-electron chi connectivity index (χ4n) is 6.23. The molecule has 0 aliphatic carbocycles. The third-order valence-electron chi connectivity index (χ3n) is 9.26. The number of hydrogen-bond donors (Lipinski definition) is 6. The number of benzene rings is 2. The SMILES string of the molecule is C#CCNC(=O)[C@H](Cc1ccccc1)NC(=O)[C@@H]1C[C@H](N/C=C(\N)COc2ccc(CCCCN)cc2)CN1C(=O)C(NC(=O)CN(C)C(=O)OC(C)(C)C)C(C)C. The smallest absolute Gasteiger partial charge is 0.410 e. The van der Waals surface area contributed by atoms with Crippen molar-refractivity contribution in [2.75, 3.05) is 39.8 Å². The lowest BCUT2D eigenvalue weighted by Gasteiger charge is -2.31. The molecule has 1 aliphatic heterocycles. The van der Waals surface area contributed by atoms with Gasteiger partial charge in [0.25, 0.3) is 0 Å². The molecule has 0 spiro atoms. The lowest BCUT2D eigenvalue weighted by atomic mass is 10.0. The summed E-state index contributed by atoms with van der Waals surface area (Å²) < 4.78 is 11.2.